The fourth-order valence-corrected chi connectivity index (χ4v) is 3.74. The van der Waals surface area contributed by atoms with Crippen molar-refractivity contribution in [3.05, 3.63) is 64.1 Å². The third-order valence-electron chi connectivity index (χ3n) is 3.36. The second-order valence-electron chi connectivity index (χ2n) is 4.74. The number of hydrogen-bond donors (Lipinski definition) is 1. The summed E-state index contributed by atoms with van der Waals surface area (Å²) in [6.07, 6.45) is 2.56. The number of aromatic carboxylic acids is 1. The Labute approximate surface area is 120 Å². The first-order valence-corrected chi connectivity index (χ1v) is 7.20. The van der Waals surface area contributed by atoms with Gasteiger partial charge in [0.1, 0.15) is 5.56 Å². The number of carbonyl (C=O) groups is 1. The van der Waals surface area contributed by atoms with E-state index < -0.39 is 11.5 Å². The van der Waals surface area contributed by atoms with E-state index >= 15 is 0 Å². The number of fused-ring (bicyclic) bond motifs is 1. The van der Waals surface area contributed by atoms with Crippen LogP contribution in [0, 0.1) is 0 Å². The van der Waals surface area contributed by atoms with Crippen molar-refractivity contribution in [3.63, 3.8) is 0 Å². The molecule has 0 fully saturated rings. The number of aromatic nitrogens is 1. The molecule has 0 spiro atoms. The lowest BCUT2D eigenvalue weighted by atomic mass is 10.1. The second kappa shape index (κ2) is 5.17. The number of nitrogens with zero attached hydrogens (tertiary/aromatic N) is 1. The number of rotatable bonds is 3. The Balaban J connectivity index is 1.83. The lowest BCUT2D eigenvalue weighted by molar-refractivity contribution is 0.0694. The second-order valence-corrected chi connectivity index (χ2v) is 6.08. The van der Waals surface area contributed by atoms with Crippen molar-refractivity contribution < 1.29 is 9.90 Å². The molecule has 0 bridgehead atoms. The van der Waals surface area contributed by atoms with Gasteiger partial charge in [0.2, 0.25) is 0 Å². The van der Waals surface area contributed by atoms with Gasteiger partial charge in [-0.25, -0.2) is 4.79 Å². The summed E-state index contributed by atoms with van der Waals surface area (Å²) in [7, 11) is 0. The minimum Gasteiger partial charge on any atom is -0.477 e. The molecule has 1 aromatic carbocycles. The molecule has 0 saturated heterocycles. The smallest absolute Gasteiger partial charge is 0.341 e. The van der Waals surface area contributed by atoms with Gasteiger partial charge in [-0.05, 0) is 30.2 Å². The Hall–Kier alpha value is -2.01. The minimum atomic E-state index is -1.17. The van der Waals surface area contributed by atoms with E-state index in [0.29, 0.717) is 6.54 Å². The first kappa shape index (κ1) is 13.0. The summed E-state index contributed by atoms with van der Waals surface area (Å²) in [6.45, 7) is 0.527. The molecule has 0 amide bonds. The average molecular weight is 287 g/mol. The summed E-state index contributed by atoms with van der Waals surface area (Å²) in [4.78, 5) is 24.3. The van der Waals surface area contributed by atoms with Gasteiger partial charge >= 0.3 is 5.97 Å². The fourth-order valence-electron chi connectivity index (χ4n) is 2.42. The van der Waals surface area contributed by atoms with E-state index in [1.165, 1.54) is 21.1 Å². The molecule has 20 heavy (non-hydrogen) atoms. The van der Waals surface area contributed by atoms with Gasteiger partial charge in [-0.15, -0.1) is 11.8 Å². The largest absolute Gasteiger partial charge is 0.477 e. The van der Waals surface area contributed by atoms with Crippen LogP contribution in [0.25, 0.3) is 0 Å². The van der Waals surface area contributed by atoms with E-state index in [1.807, 2.05) is 12.1 Å². The standard InChI is InChI=1S/C15H13NO3S/c17-14-12(15(18)19)5-3-7-16(14)9-11-8-10-4-1-2-6-13(10)20-11/h1-7,11H,8-9H2,(H,18,19). The molecule has 0 radical (unpaired) electrons. The topological polar surface area (TPSA) is 59.3 Å². The Kier molecular flexibility index (Phi) is 3.36. The molecule has 102 valence electrons. The average Bonchev–Trinajstić information content (AvgIpc) is 2.83. The van der Waals surface area contributed by atoms with Crippen LogP contribution in [-0.2, 0) is 13.0 Å². The van der Waals surface area contributed by atoms with Crippen molar-refractivity contribution >= 4 is 17.7 Å². The van der Waals surface area contributed by atoms with Crippen LogP contribution in [0.3, 0.4) is 0 Å². The molecular formula is C15H13NO3S. The van der Waals surface area contributed by atoms with Crippen LogP contribution < -0.4 is 5.56 Å². The summed E-state index contributed by atoms with van der Waals surface area (Å²) >= 11 is 1.75. The monoisotopic (exact) mass is 287 g/mol. The SMILES string of the molecule is O=C(O)c1cccn(CC2Cc3ccccc3S2)c1=O. The molecule has 1 aliphatic heterocycles. The number of benzene rings is 1. The number of carboxylic acids is 1. The van der Waals surface area contributed by atoms with Gasteiger partial charge in [0.25, 0.3) is 5.56 Å². The zero-order valence-corrected chi connectivity index (χ0v) is 11.5. The number of pyridine rings is 1. The first-order valence-electron chi connectivity index (χ1n) is 6.32. The van der Waals surface area contributed by atoms with Gasteiger partial charge in [0.15, 0.2) is 0 Å². The highest BCUT2D eigenvalue weighted by Crippen LogP contribution is 2.37. The third-order valence-corrected chi connectivity index (χ3v) is 4.67. The Morgan fingerprint density at radius 3 is 2.85 bits per heavy atom. The van der Waals surface area contributed by atoms with Crippen LogP contribution in [0.4, 0.5) is 0 Å². The summed E-state index contributed by atoms with van der Waals surface area (Å²) in [5.41, 5.74) is 0.689. The molecular weight excluding hydrogens is 274 g/mol. The van der Waals surface area contributed by atoms with Crippen molar-refractivity contribution in [3.8, 4) is 0 Å². The van der Waals surface area contributed by atoms with Gasteiger partial charge in [0, 0.05) is 22.9 Å². The normalized spacial score (nSPS) is 16.9. The fraction of sp³-hybridized carbons (Fsp3) is 0.200. The van der Waals surface area contributed by atoms with Crippen molar-refractivity contribution in [2.45, 2.75) is 23.1 Å². The van der Waals surface area contributed by atoms with Gasteiger partial charge in [-0.3, -0.25) is 4.79 Å². The van der Waals surface area contributed by atoms with E-state index in [4.69, 9.17) is 5.11 Å². The van der Waals surface area contributed by atoms with Crippen LogP contribution in [-0.4, -0.2) is 20.9 Å². The van der Waals surface area contributed by atoms with E-state index in [9.17, 15) is 9.59 Å². The Morgan fingerprint density at radius 1 is 1.30 bits per heavy atom. The molecule has 1 aromatic heterocycles. The van der Waals surface area contributed by atoms with E-state index in [1.54, 1.807) is 24.0 Å². The minimum absolute atomic E-state index is 0.173. The summed E-state index contributed by atoms with van der Waals surface area (Å²) in [5.74, 6) is -1.17. The lowest BCUT2D eigenvalue weighted by Gasteiger charge is -2.11. The predicted molar refractivity (Wildman–Crippen MR) is 77.5 cm³/mol. The summed E-state index contributed by atoms with van der Waals surface area (Å²) in [6, 6.07) is 11.1. The van der Waals surface area contributed by atoms with Crippen LogP contribution in [0.1, 0.15) is 15.9 Å². The van der Waals surface area contributed by atoms with Crippen LogP contribution >= 0.6 is 11.8 Å². The molecule has 4 nitrogen and oxygen atoms in total. The molecule has 2 heterocycles. The maximum atomic E-state index is 12.0. The summed E-state index contributed by atoms with van der Waals surface area (Å²) in [5, 5.41) is 9.25. The molecule has 3 rings (SSSR count). The van der Waals surface area contributed by atoms with E-state index in [2.05, 4.69) is 12.1 Å². The van der Waals surface area contributed by atoms with Gasteiger partial charge in [-0.2, -0.15) is 0 Å². The van der Waals surface area contributed by atoms with Crippen molar-refractivity contribution in [1.82, 2.24) is 4.57 Å². The van der Waals surface area contributed by atoms with Crippen molar-refractivity contribution in [2.24, 2.45) is 0 Å². The van der Waals surface area contributed by atoms with Gasteiger partial charge in [-0.1, -0.05) is 18.2 Å². The maximum absolute atomic E-state index is 12.0. The maximum Gasteiger partial charge on any atom is 0.341 e. The first-order chi connectivity index (χ1) is 9.65. The highest BCUT2D eigenvalue weighted by molar-refractivity contribution is 8.00. The molecule has 1 atom stereocenters. The predicted octanol–water partition coefficient (Wildman–Crippen LogP) is 2.26. The molecule has 1 unspecified atom stereocenters. The zero-order valence-electron chi connectivity index (χ0n) is 10.7. The van der Waals surface area contributed by atoms with Crippen LogP contribution in [0.2, 0.25) is 0 Å². The molecule has 1 N–H and O–H groups in total. The highest BCUT2D eigenvalue weighted by atomic mass is 32.2. The lowest BCUT2D eigenvalue weighted by Crippen LogP contribution is -2.28. The van der Waals surface area contributed by atoms with Gasteiger partial charge < -0.3 is 9.67 Å². The zero-order chi connectivity index (χ0) is 14.1. The Morgan fingerprint density at radius 2 is 2.10 bits per heavy atom. The highest BCUT2D eigenvalue weighted by Gasteiger charge is 2.23. The summed E-state index contributed by atoms with van der Waals surface area (Å²) < 4.78 is 1.49. The third kappa shape index (κ3) is 2.36. The molecule has 1 aliphatic rings. The molecule has 5 heteroatoms. The molecule has 2 aromatic rings. The Bertz CT molecular complexity index is 698. The van der Waals surface area contributed by atoms with E-state index in [0.717, 1.165) is 6.42 Å². The van der Waals surface area contributed by atoms with Gasteiger partial charge in [0.05, 0.1) is 0 Å². The number of thioether (sulfide) groups is 1. The van der Waals surface area contributed by atoms with Crippen LogP contribution in [0.5, 0.6) is 0 Å². The molecule has 0 aliphatic carbocycles. The van der Waals surface area contributed by atoms with Crippen LogP contribution in [0.15, 0.2) is 52.3 Å². The molecule has 0 saturated carbocycles. The number of carboxylic acid groups (broad SMARTS) is 1. The van der Waals surface area contributed by atoms with Crippen molar-refractivity contribution in [1.29, 1.82) is 0 Å². The quantitative estimate of drug-likeness (QED) is 0.940. The van der Waals surface area contributed by atoms with Crippen molar-refractivity contribution in [2.75, 3.05) is 0 Å². The van der Waals surface area contributed by atoms with E-state index in [-0.39, 0.29) is 10.8 Å². The number of hydrogen-bond acceptors (Lipinski definition) is 3.